The molecule has 140 valence electrons. The number of hydrogen-bond acceptors (Lipinski definition) is 1. The zero-order chi connectivity index (χ0) is 19.5. The fourth-order valence-corrected chi connectivity index (χ4v) is 3.71. The summed E-state index contributed by atoms with van der Waals surface area (Å²) in [6.07, 6.45) is -6.84. The van der Waals surface area contributed by atoms with E-state index in [0.29, 0.717) is 10.8 Å². The molecule has 0 N–H and O–H groups in total. The Balaban J connectivity index is 2.31. The van der Waals surface area contributed by atoms with Crippen molar-refractivity contribution >= 4 is 31.5 Å². The monoisotopic (exact) mass is 402 g/mol. The van der Waals surface area contributed by atoms with Crippen LogP contribution in [-0.4, -0.2) is 18.0 Å². The molecule has 10 heteroatoms. The van der Waals surface area contributed by atoms with E-state index in [1.807, 2.05) is 0 Å². The van der Waals surface area contributed by atoms with E-state index >= 15 is 0 Å². The summed E-state index contributed by atoms with van der Waals surface area (Å²) in [4.78, 5) is 0. The van der Waals surface area contributed by atoms with Gasteiger partial charge < -0.3 is 0 Å². The van der Waals surface area contributed by atoms with Gasteiger partial charge in [-0.15, -0.1) is 11.3 Å². The van der Waals surface area contributed by atoms with Crippen LogP contribution in [0.1, 0.15) is 5.56 Å². The molecule has 0 saturated heterocycles. The molecular formula is C16H7F9S. The molecule has 0 aliphatic carbocycles. The van der Waals surface area contributed by atoms with E-state index in [-0.39, 0.29) is 10.1 Å². The molecule has 0 fully saturated rings. The topological polar surface area (TPSA) is 0 Å². The quantitative estimate of drug-likeness (QED) is 0.415. The van der Waals surface area contributed by atoms with Crippen molar-refractivity contribution in [3.63, 3.8) is 0 Å². The first-order valence-electron chi connectivity index (χ1n) is 6.93. The minimum absolute atomic E-state index is 0.0638. The van der Waals surface area contributed by atoms with Crippen molar-refractivity contribution in [2.45, 2.75) is 23.9 Å². The summed E-state index contributed by atoms with van der Waals surface area (Å²) in [5.74, 6) is -19.4. The largest absolute Gasteiger partial charge is 0.460 e. The van der Waals surface area contributed by atoms with Crippen molar-refractivity contribution in [3.05, 3.63) is 48.0 Å². The van der Waals surface area contributed by atoms with Gasteiger partial charge in [0.15, 0.2) is 0 Å². The van der Waals surface area contributed by atoms with Gasteiger partial charge in [-0.2, -0.15) is 39.5 Å². The fraction of sp³-hybridized carbons (Fsp3) is 0.250. The van der Waals surface area contributed by atoms with E-state index in [1.165, 1.54) is 24.3 Å². The standard InChI is InChI=1S/C16H7F9S/c17-13(18,14(19,20)15(21,22)16(23,24)25)9-5-3-7-11-12(9)8-4-1-2-6-10(8)26-11/h1-7H. The van der Waals surface area contributed by atoms with E-state index < -0.39 is 34.9 Å². The molecule has 0 spiro atoms. The molecule has 3 rings (SSSR count). The molecule has 0 unspecified atom stereocenters. The van der Waals surface area contributed by atoms with Crippen LogP contribution in [0.5, 0.6) is 0 Å². The van der Waals surface area contributed by atoms with Gasteiger partial charge >= 0.3 is 23.9 Å². The maximum absolute atomic E-state index is 14.4. The number of fused-ring (bicyclic) bond motifs is 3. The molecule has 0 atom stereocenters. The molecule has 0 aliphatic heterocycles. The van der Waals surface area contributed by atoms with Crippen molar-refractivity contribution in [3.8, 4) is 0 Å². The lowest BCUT2D eigenvalue weighted by molar-refractivity contribution is -0.399. The fourth-order valence-electron chi connectivity index (χ4n) is 2.58. The Morgan fingerprint density at radius 3 is 1.81 bits per heavy atom. The Kier molecular flexibility index (Phi) is 3.99. The molecule has 1 heterocycles. The predicted molar refractivity (Wildman–Crippen MR) is 79.2 cm³/mol. The van der Waals surface area contributed by atoms with Gasteiger partial charge in [-0.1, -0.05) is 30.3 Å². The molecule has 2 aromatic carbocycles. The Hall–Kier alpha value is -1.97. The summed E-state index contributed by atoms with van der Waals surface area (Å²) in [6, 6.07) is 8.37. The highest BCUT2D eigenvalue weighted by atomic mass is 32.1. The van der Waals surface area contributed by atoms with Crippen LogP contribution in [0.3, 0.4) is 0 Å². The molecule has 0 nitrogen and oxygen atoms in total. The lowest BCUT2D eigenvalue weighted by atomic mass is 9.93. The molecule has 0 aliphatic rings. The Labute approximate surface area is 143 Å². The van der Waals surface area contributed by atoms with Crippen LogP contribution in [-0.2, 0) is 5.92 Å². The highest BCUT2D eigenvalue weighted by Crippen LogP contribution is 2.58. The van der Waals surface area contributed by atoms with Crippen molar-refractivity contribution in [2.75, 3.05) is 0 Å². The van der Waals surface area contributed by atoms with Crippen molar-refractivity contribution in [2.24, 2.45) is 0 Å². The maximum atomic E-state index is 14.4. The molecule has 0 amide bonds. The molecule has 26 heavy (non-hydrogen) atoms. The van der Waals surface area contributed by atoms with Crippen LogP contribution >= 0.6 is 11.3 Å². The summed E-state index contributed by atoms with van der Waals surface area (Å²) < 4.78 is 120. The molecule has 0 saturated carbocycles. The van der Waals surface area contributed by atoms with Gasteiger partial charge in [0.1, 0.15) is 0 Å². The number of hydrogen-bond donors (Lipinski definition) is 0. The van der Waals surface area contributed by atoms with E-state index in [2.05, 4.69) is 0 Å². The minimum Gasteiger partial charge on any atom is -0.194 e. The van der Waals surface area contributed by atoms with Gasteiger partial charge in [-0.25, -0.2) is 0 Å². The third-order valence-corrected chi connectivity index (χ3v) is 5.02. The maximum Gasteiger partial charge on any atom is 0.460 e. The van der Waals surface area contributed by atoms with Crippen LogP contribution in [0, 0.1) is 0 Å². The number of halogens is 9. The summed E-state index contributed by atoms with van der Waals surface area (Å²) in [5.41, 5.74) is -1.58. The van der Waals surface area contributed by atoms with E-state index in [0.717, 1.165) is 17.4 Å². The second kappa shape index (κ2) is 5.51. The zero-order valence-electron chi connectivity index (χ0n) is 12.4. The van der Waals surface area contributed by atoms with E-state index in [9.17, 15) is 39.5 Å². The lowest BCUT2D eigenvalue weighted by Crippen LogP contribution is -2.59. The number of rotatable bonds is 3. The summed E-state index contributed by atoms with van der Waals surface area (Å²) in [7, 11) is 0. The predicted octanol–water partition coefficient (Wildman–Crippen LogP) is 6.98. The smallest absolute Gasteiger partial charge is 0.194 e. The van der Waals surface area contributed by atoms with Gasteiger partial charge in [0.25, 0.3) is 0 Å². The molecule has 0 radical (unpaired) electrons. The highest BCUT2D eigenvalue weighted by molar-refractivity contribution is 7.25. The highest BCUT2D eigenvalue weighted by Gasteiger charge is 2.82. The Bertz CT molecular complexity index is 969. The van der Waals surface area contributed by atoms with Crippen LogP contribution in [0.15, 0.2) is 42.5 Å². The van der Waals surface area contributed by atoms with Crippen molar-refractivity contribution < 1.29 is 39.5 Å². The molecule has 0 bridgehead atoms. The summed E-state index contributed by atoms with van der Waals surface area (Å²) >= 11 is 0.928. The van der Waals surface area contributed by atoms with Crippen molar-refractivity contribution in [1.82, 2.24) is 0 Å². The first-order valence-corrected chi connectivity index (χ1v) is 7.75. The Morgan fingerprint density at radius 2 is 1.19 bits per heavy atom. The summed E-state index contributed by atoms with van der Waals surface area (Å²) in [5, 5.41) is -0.412. The molecule has 1 aromatic heterocycles. The van der Waals surface area contributed by atoms with Gasteiger partial charge in [0.2, 0.25) is 0 Å². The molecule has 3 aromatic rings. The van der Waals surface area contributed by atoms with Gasteiger partial charge in [0, 0.05) is 25.7 Å². The van der Waals surface area contributed by atoms with Crippen molar-refractivity contribution in [1.29, 1.82) is 0 Å². The number of benzene rings is 2. The van der Waals surface area contributed by atoms with Gasteiger partial charge in [-0.05, 0) is 12.1 Å². The van der Waals surface area contributed by atoms with E-state index in [1.54, 1.807) is 6.07 Å². The SMILES string of the molecule is FC(F)(F)C(F)(F)C(F)(F)C(F)(F)c1cccc2sc3ccccc3c12. The third-order valence-electron chi connectivity index (χ3n) is 3.89. The van der Waals surface area contributed by atoms with Gasteiger partial charge in [-0.3, -0.25) is 0 Å². The second-order valence-electron chi connectivity index (χ2n) is 5.50. The van der Waals surface area contributed by atoms with Crippen LogP contribution in [0.4, 0.5) is 39.5 Å². The minimum atomic E-state index is -6.92. The van der Waals surface area contributed by atoms with Crippen LogP contribution in [0.25, 0.3) is 20.2 Å². The lowest BCUT2D eigenvalue weighted by Gasteiger charge is -2.34. The third kappa shape index (κ3) is 2.38. The molecular weight excluding hydrogens is 395 g/mol. The second-order valence-corrected chi connectivity index (χ2v) is 6.58. The first-order chi connectivity index (χ1) is 11.8. The first kappa shape index (κ1) is 18.8. The van der Waals surface area contributed by atoms with Crippen LogP contribution in [0.2, 0.25) is 0 Å². The summed E-state index contributed by atoms with van der Waals surface area (Å²) in [6.45, 7) is 0. The van der Waals surface area contributed by atoms with E-state index in [4.69, 9.17) is 0 Å². The number of alkyl halides is 9. The average molecular weight is 402 g/mol. The van der Waals surface area contributed by atoms with Crippen LogP contribution < -0.4 is 0 Å². The zero-order valence-corrected chi connectivity index (χ0v) is 13.2. The van der Waals surface area contributed by atoms with Gasteiger partial charge in [0.05, 0.1) is 0 Å². The Morgan fingerprint density at radius 1 is 0.615 bits per heavy atom. The normalized spacial score (nSPS) is 14.3. The average Bonchev–Trinajstić information content (AvgIpc) is 2.91. The number of thiophene rings is 1.